The van der Waals surface area contributed by atoms with Crippen LogP contribution in [0.3, 0.4) is 0 Å². The lowest BCUT2D eigenvalue weighted by atomic mass is 10.1. The number of carbonyl (C=O) groups is 1. The average molecular weight is 480 g/mol. The summed E-state index contributed by atoms with van der Waals surface area (Å²) in [4.78, 5) is 40.1. The van der Waals surface area contributed by atoms with E-state index in [2.05, 4.69) is 25.3 Å². The first-order chi connectivity index (χ1) is 17.0. The monoisotopic (exact) mass is 479 g/mol. The molecule has 0 saturated carbocycles. The number of pyridine rings is 3. The van der Waals surface area contributed by atoms with E-state index in [1.54, 1.807) is 12.1 Å². The molecule has 2 aliphatic rings. The second-order valence-electron chi connectivity index (χ2n) is 9.16. The molecule has 184 valence electrons. The summed E-state index contributed by atoms with van der Waals surface area (Å²) in [6.07, 6.45) is 4.61. The molecular formula is C25H30FN7O2. The number of aromatic nitrogens is 3. The first-order valence-corrected chi connectivity index (χ1v) is 12.2. The van der Waals surface area contributed by atoms with Crippen LogP contribution < -0.4 is 15.9 Å². The molecule has 0 unspecified atom stereocenters. The van der Waals surface area contributed by atoms with Crippen LogP contribution in [0.1, 0.15) is 41.4 Å². The number of anilines is 1. The predicted octanol–water partition coefficient (Wildman–Crippen LogP) is 2.08. The fraction of sp³-hybridized carbons (Fsp3) is 0.440. The summed E-state index contributed by atoms with van der Waals surface area (Å²) >= 11 is 0. The van der Waals surface area contributed by atoms with E-state index < -0.39 is 5.95 Å². The maximum Gasteiger partial charge on any atom is 0.284 e. The van der Waals surface area contributed by atoms with Gasteiger partial charge in [-0.25, -0.2) is 9.99 Å². The fourth-order valence-electron chi connectivity index (χ4n) is 4.74. The average Bonchev–Trinajstić information content (AvgIpc) is 3.37. The van der Waals surface area contributed by atoms with Crippen molar-refractivity contribution in [3.8, 4) is 0 Å². The first-order valence-electron chi connectivity index (χ1n) is 12.2. The summed E-state index contributed by atoms with van der Waals surface area (Å²) in [6.45, 7) is 7.07. The first kappa shape index (κ1) is 23.4. The minimum atomic E-state index is -0.623. The van der Waals surface area contributed by atoms with Crippen LogP contribution in [0.25, 0.3) is 11.0 Å². The molecule has 2 saturated heterocycles. The van der Waals surface area contributed by atoms with E-state index in [-0.39, 0.29) is 17.2 Å². The van der Waals surface area contributed by atoms with Gasteiger partial charge in [0.05, 0.1) is 16.7 Å². The van der Waals surface area contributed by atoms with Crippen molar-refractivity contribution in [2.45, 2.75) is 32.7 Å². The topological polar surface area (TPSA) is 97.5 Å². The van der Waals surface area contributed by atoms with E-state index in [0.717, 1.165) is 61.2 Å². The zero-order chi connectivity index (χ0) is 24.4. The molecule has 1 amide bonds. The summed E-state index contributed by atoms with van der Waals surface area (Å²) in [5.41, 5.74) is 6.51. The van der Waals surface area contributed by atoms with Crippen LogP contribution in [0, 0.1) is 5.95 Å². The van der Waals surface area contributed by atoms with Gasteiger partial charge in [0.2, 0.25) is 5.95 Å². The lowest BCUT2D eigenvalue weighted by molar-refractivity contribution is 0.0819. The normalized spacial score (nSPS) is 17.3. The second-order valence-corrected chi connectivity index (χ2v) is 9.16. The number of nitrogens with zero attached hydrogens (tertiary/aromatic N) is 5. The number of hydrazine groups is 1. The molecular weight excluding hydrogens is 449 g/mol. The Bertz CT molecular complexity index is 1280. The number of hydrogen-bond acceptors (Lipinski definition) is 7. The number of halogens is 1. The molecule has 0 aliphatic carbocycles. The highest BCUT2D eigenvalue weighted by atomic mass is 19.1. The number of H-pyrrole nitrogens is 1. The molecule has 0 aromatic carbocycles. The number of aryl methyl sites for hydroxylation is 1. The molecule has 2 aliphatic heterocycles. The smallest absolute Gasteiger partial charge is 0.284 e. The summed E-state index contributed by atoms with van der Waals surface area (Å²) in [5, 5.41) is 1.85. The standard InChI is InChI=1S/C25H30FN7O2/c1-2-18-14-20-21(29-24(18)34)13-17(15-27-20)16-31-9-11-32(12-10-31)22-6-5-19(28-23(22)26)25(35)30-33-7-3-4-8-33/h5-6,13-15H,2-4,7-12,16H2,1H3,(H,29,34)(H,30,35). The Hall–Kier alpha value is -3.37. The number of carbonyl (C=O) groups excluding carboxylic acids is 1. The lowest BCUT2D eigenvalue weighted by Gasteiger charge is -2.36. The van der Waals surface area contributed by atoms with Crippen molar-refractivity contribution >= 4 is 22.6 Å². The van der Waals surface area contributed by atoms with E-state index >= 15 is 0 Å². The van der Waals surface area contributed by atoms with Crippen molar-refractivity contribution in [2.75, 3.05) is 44.2 Å². The van der Waals surface area contributed by atoms with Crippen molar-refractivity contribution in [3.05, 3.63) is 63.6 Å². The lowest BCUT2D eigenvalue weighted by Crippen LogP contribution is -2.46. The van der Waals surface area contributed by atoms with Crippen molar-refractivity contribution < 1.29 is 9.18 Å². The maximum absolute atomic E-state index is 14.8. The largest absolute Gasteiger partial charge is 0.365 e. The molecule has 3 aromatic heterocycles. The van der Waals surface area contributed by atoms with Gasteiger partial charge in [0, 0.05) is 57.6 Å². The van der Waals surface area contributed by atoms with Crippen molar-refractivity contribution in [1.29, 1.82) is 0 Å². The van der Waals surface area contributed by atoms with Crippen LogP contribution in [0.2, 0.25) is 0 Å². The predicted molar refractivity (Wildman–Crippen MR) is 132 cm³/mol. The molecule has 9 nitrogen and oxygen atoms in total. The van der Waals surface area contributed by atoms with E-state index in [0.29, 0.717) is 31.7 Å². The molecule has 3 aromatic rings. The molecule has 35 heavy (non-hydrogen) atoms. The molecule has 0 atom stereocenters. The third-order valence-electron chi connectivity index (χ3n) is 6.75. The number of rotatable bonds is 6. The number of fused-ring (bicyclic) bond motifs is 1. The second kappa shape index (κ2) is 10.1. The Kier molecular flexibility index (Phi) is 6.74. The highest BCUT2D eigenvalue weighted by molar-refractivity contribution is 5.92. The SMILES string of the molecule is CCc1cc2ncc(CN3CCN(c4ccc(C(=O)NN5CCCC5)nc4F)CC3)cc2[nH]c1=O. The molecule has 10 heteroatoms. The summed E-state index contributed by atoms with van der Waals surface area (Å²) < 4.78 is 14.8. The maximum atomic E-state index is 14.8. The molecule has 5 rings (SSSR count). The molecule has 5 heterocycles. The van der Waals surface area contributed by atoms with E-state index in [4.69, 9.17) is 0 Å². The number of amides is 1. The van der Waals surface area contributed by atoms with Crippen LogP contribution >= 0.6 is 0 Å². The van der Waals surface area contributed by atoms with Gasteiger partial charge < -0.3 is 9.88 Å². The summed E-state index contributed by atoms with van der Waals surface area (Å²) in [7, 11) is 0. The number of hydrogen-bond donors (Lipinski definition) is 2. The fourth-order valence-corrected chi connectivity index (χ4v) is 4.74. The van der Waals surface area contributed by atoms with Crippen LogP contribution in [0.5, 0.6) is 0 Å². The quantitative estimate of drug-likeness (QED) is 0.523. The Morgan fingerprint density at radius 2 is 1.89 bits per heavy atom. The van der Waals surface area contributed by atoms with Gasteiger partial charge in [0.25, 0.3) is 11.5 Å². The zero-order valence-electron chi connectivity index (χ0n) is 19.9. The minimum Gasteiger partial charge on any atom is -0.365 e. The van der Waals surface area contributed by atoms with Crippen LogP contribution in [-0.4, -0.2) is 70.0 Å². The van der Waals surface area contributed by atoms with Crippen molar-refractivity contribution in [2.24, 2.45) is 0 Å². The third kappa shape index (κ3) is 5.18. The summed E-state index contributed by atoms with van der Waals surface area (Å²) in [6, 6.07) is 7.05. The van der Waals surface area contributed by atoms with Crippen LogP contribution in [0.4, 0.5) is 10.1 Å². The van der Waals surface area contributed by atoms with Gasteiger partial charge in [0.1, 0.15) is 5.69 Å². The third-order valence-corrected chi connectivity index (χ3v) is 6.75. The number of nitrogens with one attached hydrogen (secondary N) is 2. The zero-order valence-corrected chi connectivity index (χ0v) is 19.9. The van der Waals surface area contributed by atoms with Gasteiger partial charge in [-0.05, 0) is 49.1 Å². The van der Waals surface area contributed by atoms with Gasteiger partial charge >= 0.3 is 0 Å². The molecule has 0 spiro atoms. The van der Waals surface area contributed by atoms with Gasteiger partial charge in [-0.1, -0.05) is 6.92 Å². The van der Waals surface area contributed by atoms with Gasteiger partial charge in [-0.15, -0.1) is 0 Å². The van der Waals surface area contributed by atoms with E-state index in [9.17, 15) is 14.0 Å². The van der Waals surface area contributed by atoms with Crippen molar-refractivity contribution in [3.63, 3.8) is 0 Å². The Labute approximate surface area is 202 Å². The van der Waals surface area contributed by atoms with Crippen LogP contribution in [-0.2, 0) is 13.0 Å². The summed E-state index contributed by atoms with van der Waals surface area (Å²) in [5.74, 6) is -1.000. The highest BCUT2D eigenvalue weighted by Crippen LogP contribution is 2.21. The van der Waals surface area contributed by atoms with E-state index in [1.807, 2.05) is 35.2 Å². The number of aromatic amines is 1. The van der Waals surface area contributed by atoms with Gasteiger partial charge in [0.15, 0.2) is 0 Å². The van der Waals surface area contributed by atoms with E-state index in [1.165, 1.54) is 0 Å². The molecule has 2 N–H and O–H groups in total. The van der Waals surface area contributed by atoms with Gasteiger partial charge in [-0.3, -0.25) is 24.9 Å². The van der Waals surface area contributed by atoms with Crippen molar-refractivity contribution in [1.82, 2.24) is 30.3 Å². The van der Waals surface area contributed by atoms with Gasteiger partial charge in [-0.2, -0.15) is 4.39 Å². The Morgan fingerprint density at radius 1 is 1.11 bits per heavy atom. The molecule has 0 bridgehead atoms. The minimum absolute atomic E-state index is 0.0669. The molecule has 2 fully saturated rings. The highest BCUT2D eigenvalue weighted by Gasteiger charge is 2.22. The number of piperazine rings is 1. The molecule has 0 radical (unpaired) electrons. The Morgan fingerprint density at radius 3 is 2.60 bits per heavy atom. The Balaban J connectivity index is 1.19. The van der Waals surface area contributed by atoms with Crippen LogP contribution in [0.15, 0.2) is 35.3 Å².